The molecule has 0 aliphatic carbocycles. The van der Waals surface area contributed by atoms with Gasteiger partial charge in [0.15, 0.2) is 11.5 Å². The summed E-state index contributed by atoms with van der Waals surface area (Å²) in [7, 11) is 3.08. The number of methoxy groups -OCH3 is 2. The van der Waals surface area contributed by atoms with Crippen LogP contribution in [-0.2, 0) is 16.1 Å². The molecule has 1 aromatic carbocycles. The number of imide groups is 1. The zero-order valence-electron chi connectivity index (χ0n) is 10.9. The van der Waals surface area contributed by atoms with Crippen LogP contribution in [0.4, 0.5) is 0 Å². The summed E-state index contributed by atoms with van der Waals surface area (Å²) in [5.74, 6) is 0.581. The molecule has 0 saturated carbocycles. The quantitative estimate of drug-likeness (QED) is 0.790. The lowest BCUT2D eigenvalue weighted by atomic mass is 10.2. The molecule has 1 fully saturated rings. The molecule has 0 aromatic heterocycles. The van der Waals surface area contributed by atoms with Crippen LogP contribution in [-0.4, -0.2) is 37.0 Å². The summed E-state index contributed by atoms with van der Waals surface area (Å²) in [6.07, 6.45) is 0.0755. The maximum atomic E-state index is 11.7. The summed E-state index contributed by atoms with van der Waals surface area (Å²) in [4.78, 5) is 24.5. The van der Waals surface area contributed by atoms with Crippen molar-refractivity contribution in [1.29, 1.82) is 0 Å². The first-order valence-electron chi connectivity index (χ1n) is 5.87. The topological polar surface area (TPSA) is 81.9 Å². The number of hydrogen-bond donors (Lipinski definition) is 1. The molecule has 2 amide bonds. The molecule has 1 aliphatic heterocycles. The van der Waals surface area contributed by atoms with Crippen molar-refractivity contribution < 1.29 is 19.1 Å². The number of likely N-dealkylation sites (tertiary alicyclic amines) is 1. The molecule has 1 saturated heterocycles. The standard InChI is InChI=1S/C13H16N2O4/c1-18-10-4-3-8(5-11(10)19-2)7-15-12(16)6-9(14)13(15)17/h3-5,9H,6-7,14H2,1-2H3/t9-/m0/s1. The van der Waals surface area contributed by atoms with Gasteiger partial charge in [-0.15, -0.1) is 0 Å². The van der Waals surface area contributed by atoms with Crippen molar-refractivity contribution in [3.63, 3.8) is 0 Å². The van der Waals surface area contributed by atoms with Gasteiger partial charge in [-0.2, -0.15) is 0 Å². The van der Waals surface area contributed by atoms with Crippen molar-refractivity contribution in [3.05, 3.63) is 23.8 Å². The first-order chi connectivity index (χ1) is 9.06. The average Bonchev–Trinajstić information content (AvgIpc) is 2.65. The van der Waals surface area contributed by atoms with Gasteiger partial charge >= 0.3 is 0 Å². The summed E-state index contributed by atoms with van der Waals surface area (Å²) < 4.78 is 10.3. The Morgan fingerprint density at radius 1 is 1.26 bits per heavy atom. The van der Waals surface area contributed by atoms with Gasteiger partial charge in [0, 0.05) is 0 Å². The Morgan fingerprint density at radius 3 is 2.47 bits per heavy atom. The number of amides is 2. The summed E-state index contributed by atoms with van der Waals surface area (Å²) in [5.41, 5.74) is 6.34. The lowest BCUT2D eigenvalue weighted by molar-refractivity contribution is -0.139. The fourth-order valence-corrected chi connectivity index (χ4v) is 2.04. The number of carbonyl (C=O) groups is 2. The summed E-state index contributed by atoms with van der Waals surface area (Å²) >= 11 is 0. The number of nitrogens with two attached hydrogens (primary N) is 1. The highest BCUT2D eigenvalue weighted by Crippen LogP contribution is 2.28. The zero-order chi connectivity index (χ0) is 14.0. The van der Waals surface area contributed by atoms with Gasteiger partial charge in [0.05, 0.1) is 33.2 Å². The van der Waals surface area contributed by atoms with Gasteiger partial charge in [-0.25, -0.2) is 0 Å². The van der Waals surface area contributed by atoms with E-state index < -0.39 is 6.04 Å². The van der Waals surface area contributed by atoms with E-state index in [1.165, 1.54) is 12.0 Å². The molecular weight excluding hydrogens is 248 g/mol. The molecule has 1 heterocycles. The summed E-state index contributed by atoms with van der Waals surface area (Å²) in [5, 5.41) is 0. The molecule has 6 nitrogen and oxygen atoms in total. The average molecular weight is 264 g/mol. The molecule has 0 spiro atoms. The van der Waals surface area contributed by atoms with Crippen molar-refractivity contribution >= 4 is 11.8 Å². The predicted molar refractivity (Wildman–Crippen MR) is 67.7 cm³/mol. The van der Waals surface area contributed by atoms with Crippen LogP contribution >= 0.6 is 0 Å². The molecule has 19 heavy (non-hydrogen) atoms. The molecule has 0 bridgehead atoms. The highest BCUT2D eigenvalue weighted by molar-refractivity contribution is 6.05. The van der Waals surface area contributed by atoms with E-state index in [1.807, 2.05) is 0 Å². The minimum absolute atomic E-state index is 0.0755. The Kier molecular flexibility index (Phi) is 3.71. The van der Waals surface area contributed by atoms with E-state index in [-0.39, 0.29) is 24.8 Å². The van der Waals surface area contributed by atoms with Crippen molar-refractivity contribution in [2.24, 2.45) is 5.73 Å². The van der Waals surface area contributed by atoms with E-state index in [4.69, 9.17) is 15.2 Å². The van der Waals surface area contributed by atoms with Gasteiger partial charge in [-0.3, -0.25) is 14.5 Å². The molecule has 102 valence electrons. The van der Waals surface area contributed by atoms with E-state index in [1.54, 1.807) is 25.3 Å². The van der Waals surface area contributed by atoms with Crippen LogP contribution in [0.1, 0.15) is 12.0 Å². The third-order valence-corrected chi connectivity index (χ3v) is 3.07. The monoisotopic (exact) mass is 264 g/mol. The molecule has 2 N–H and O–H groups in total. The third-order valence-electron chi connectivity index (χ3n) is 3.07. The molecule has 0 radical (unpaired) electrons. The number of hydrogen-bond acceptors (Lipinski definition) is 5. The van der Waals surface area contributed by atoms with Crippen LogP contribution in [0.5, 0.6) is 11.5 Å². The second-order valence-electron chi connectivity index (χ2n) is 4.32. The summed E-state index contributed by atoms with van der Waals surface area (Å²) in [6, 6.07) is 4.54. The van der Waals surface area contributed by atoms with Crippen molar-refractivity contribution in [2.75, 3.05) is 14.2 Å². The fraction of sp³-hybridized carbons (Fsp3) is 0.385. The van der Waals surface area contributed by atoms with E-state index in [0.717, 1.165) is 5.56 Å². The van der Waals surface area contributed by atoms with E-state index in [9.17, 15) is 9.59 Å². The lowest BCUT2D eigenvalue weighted by Crippen LogP contribution is -2.34. The van der Waals surface area contributed by atoms with Crippen LogP contribution in [0.2, 0.25) is 0 Å². The second kappa shape index (κ2) is 5.27. The Morgan fingerprint density at radius 2 is 1.95 bits per heavy atom. The first-order valence-corrected chi connectivity index (χ1v) is 5.87. The highest BCUT2D eigenvalue weighted by Gasteiger charge is 2.35. The van der Waals surface area contributed by atoms with Gasteiger partial charge < -0.3 is 15.2 Å². The fourth-order valence-electron chi connectivity index (χ4n) is 2.04. The van der Waals surface area contributed by atoms with Crippen LogP contribution in [0.3, 0.4) is 0 Å². The van der Waals surface area contributed by atoms with Crippen molar-refractivity contribution in [3.8, 4) is 11.5 Å². The van der Waals surface area contributed by atoms with Crippen LogP contribution in [0, 0.1) is 0 Å². The Balaban J connectivity index is 2.20. The van der Waals surface area contributed by atoms with E-state index in [0.29, 0.717) is 11.5 Å². The first kappa shape index (κ1) is 13.4. The Labute approximate surface area is 111 Å². The van der Waals surface area contributed by atoms with Gasteiger partial charge in [0.1, 0.15) is 0 Å². The predicted octanol–water partition coefficient (Wildman–Crippen LogP) is 0.290. The van der Waals surface area contributed by atoms with Gasteiger partial charge in [0.25, 0.3) is 0 Å². The molecule has 6 heteroatoms. The summed E-state index contributed by atoms with van der Waals surface area (Å²) in [6.45, 7) is 0.200. The number of rotatable bonds is 4. The highest BCUT2D eigenvalue weighted by atomic mass is 16.5. The van der Waals surface area contributed by atoms with Crippen LogP contribution in [0.25, 0.3) is 0 Å². The van der Waals surface area contributed by atoms with Crippen LogP contribution in [0.15, 0.2) is 18.2 Å². The van der Waals surface area contributed by atoms with Crippen molar-refractivity contribution in [1.82, 2.24) is 4.90 Å². The number of carbonyl (C=O) groups excluding carboxylic acids is 2. The SMILES string of the molecule is COc1ccc(CN2C(=O)C[C@H](N)C2=O)cc1OC. The number of benzene rings is 1. The minimum Gasteiger partial charge on any atom is -0.493 e. The molecule has 0 unspecified atom stereocenters. The van der Waals surface area contributed by atoms with E-state index >= 15 is 0 Å². The lowest BCUT2D eigenvalue weighted by Gasteiger charge is -2.15. The molecular formula is C13H16N2O4. The normalized spacial score (nSPS) is 18.9. The second-order valence-corrected chi connectivity index (χ2v) is 4.32. The Bertz CT molecular complexity index is 515. The zero-order valence-corrected chi connectivity index (χ0v) is 10.9. The maximum absolute atomic E-state index is 11.7. The number of nitrogens with zero attached hydrogens (tertiary/aromatic N) is 1. The van der Waals surface area contributed by atoms with Crippen LogP contribution < -0.4 is 15.2 Å². The van der Waals surface area contributed by atoms with Gasteiger partial charge in [0.2, 0.25) is 11.8 Å². The largest absolute Gasteiger partial charge is 0.493 e. The maximum Gasteiger partial charge on any atom is 0.246 e. The smallest absolute Gasteiger partial charge is 0.246 e. The van der Waals surface area contributed by atoms with Crippen molar-refractivity contribution in [2.45, 2.75) is 19.0 Å². The third kappa shape index (κ3) is 2.53. The van der Waals surface area contributed by atoms with E-state index in [2.05, 4.69) is 0 Å². The molecule has 1 atom stereocenters. The number of ether oxygens (including phenoxy) is 2. The van der Waals surface area contributed by atoms with Gasteiger partial charge in [-0.05, 0) is 17.7 Å². The van der Waals surface area contributed by atoms with Gasteiger partial charge in [-0.1, -0.05) is 6.07 Å². The molecule has 1 aromatic rings. The minimum atomic E-state index is -0.715. The Hall–Kier alpha value is -2.08. The molecule has 2 rings (SSSR count). The molecule has 1 aliphatic rings.